The van der Waals surface area contributed by atoms with E-state index in [1.165, 1.54) is 38.5 Å². The van der Waals surface area contributed by atoms with Crippen molar-refractivity contribution in [2.45, 2.75) is 43.3 Å². The van der Waals surface area contributed by atoms with Gasteiger partial charge in [0.15, 0.2) is 0 Å². The molecule has 4 rings (SSSR count). The summed E-state index contributed by atoms with van der Waals surface area (Å²) in [7, 11) is 0. The molecule has 4 bridgehead atoms. The quantitative estimate of drug-likeness (QED) is 0.597. The Morgan fingerprint density at radius 2 is 1.46 bits per heavy atom. The van der Waals surface area contributed by atoms with Crippen LogP contribution in [-0.2, 0) is 0 Å². The molecule has 0 saturated heterocycles. The maximum absolute atomic E-state index is 8.84. The van der Waals surface area contributed by atoms with Gasteiger partial charge >= 0.3 is 0 Å². The van der Waals surface area contributed by atoms with Gasteiger partial charge in [0.05, 0.1) is 0 Å². The van der Waals surface area contributed by atoms with E-state index in [2.05, 4.69) is 5.40 Å². The van der Waals surface area contributed by atoms with Crippen molar-refractivity contribution in [2.24, 2.45) is 17.8 Å². The zero-order valence-electron chi connectivity index (χ0n) is 7.83. The minimum Gasteiger partial charge on any atom is -0.185 e. The van der Waals surface area contributed by atoms with Crippen LogP contribution in [0.2, 0.25) is 0 Å². The van der Waals surface area contributed by atoms with Crippen LogP contribution in [-0.4, -0.2) is 4.75 Å². The van der Waals surface area contributed by atoms with Crippen LogP contribution < -0.4 is 0 Å². The van der Waals surface area contributed by atoms with Gasteiger partial charge in [-0.3, -0.25) is 0 Å². The topological polar surface area (TPSA) is 23.8 Å². The molecule has 2 heteroatoms. The van der Waals surface area contributed by atoms with Gasteiger partial charge in [-0.15, -0.1) is 0 Å². The van der Waals surface area contributed by atoms with Crippen LogP contribution in [0.15, 0.2) is 0 Å². The van der Waals surface area contributed by atoms with Gasteiger partial charge in [-0.2, -0.15) is 5.26 Å². The van der Waals surface area contributed by atoms with Crippen LogP contribution in [0.4, 0.5) is 0 Å². The van der Waals surface area contributed by atoms with E-state index in [0.717, 1.165) is 17.8 Å². The van der Waals surface area contributed by atoms with E-state index in [-0.39, 0.29) is 0 Å². The highest BCUT2D eigenvalue weighted by Gasteiger charge is 2.51. The number of nitriles is 1. The van der Waals surface area contributed by atoms with Crippen molar-refractivity contribution < 1.29 is 0 Å². The van der Waals surface area contributed by atoms with E-state index in [0.29, 0.717) is 4.75 Å². The SMILES string of the molecule is N#CSC12CC3CC(CC(C3)C1)C2. The summed E-state index contributed by atoms with van der Waals surface area (Å²) in [6.07, 6.45) is 8.47. The van der Waals surface area contributed by atoms with Crippen molar-refractivity contribution in [3.05, 3.63) is 0 Å². The number of hydrogen-bond donors (Lipinski definition) is 0. The van der Waals surface area contributed by atoms with Crippen molar-refractivity contribution in [1.29, 1.82) is 5.26 Å². The average molecular weight is 193 g/mol. The minimum atomic E-state index is 0.406. The lowest BCUT2D eigenvalue weighted by Gasteiger charge is -2.55. The molecule has 4 aliphatic carbocycles. The van der Waals surface area contributed by atoms with Crippen LogP contribution in [0, 0.1) is 28.4 Å². The molecule has 0 aromatic carbocycles. The van der Waals surface area contributed by atoms with E-state index in [9.17, 15) is 0 Å². The first-order valence-corrected chi connectivity index (χ1v) is 6.18. The molecule has 0 atom stereocenters. The Morgan fingerprint density at radius 3 is 1.85 bits per heavy atom. The first kappa shape index (κ1) is 8.17. The van der Waals surface area contributed by atoms with Crippen molar-refractivity contribution in [2.75, 3.05) is 0 Å². The summed E-state index contributed by atoms with van der Waals surface area (Å²) >= 11 is 1.59. The molecule has 0 heterocycles. The molecule has 0 amide bonds. The number of rotatable bonds is 1. The molecular formula is C11H15NS. The number of thiocyanates is 1. The normalized spacial score (nSPS) is 52.1. The zero-order valence-corrected chi connectivity index (χ0v) is 8.65. The molecule has 70 valence electrons. The molecule has 1 nitrogen and oxygen atoms in total. The highest BCUT2D eigenvalue weighted by Crippen LogP contribution is 2.60. The Hall–Kier alpha value is -0.160. The van der Waals surface area contributed by atoms with Gasteiger partial charge in [-0.05, 0) is 68.0 Å². The van der Waals surface area contributed by atoms with Crippen LogP contribution in [0.5, 0.6) is 0 Å². The third-order valence-corrected chi connectivity index (χ3v) is 5.27. The summed E-state index contributed by atoms with van der Waals surface area (Å²) < 4.78 is 0.406. The fourth-order valence-electron chi connectivity index (χ4n) is 4.25. The maximum Gasteiger partial charge on any atom is 0.133 e. The van der Waals surface area contributed by atoms with Gasteiger partial charge in [0, 0.05) is 4.75 Å². The third-order valence-electron chi connectivity index (χ3n) is 4.24. The van der Waals surface area contributed by atoms with Gasteiger partial charge in [-0.1, -0.05) is 0 Å². The number of thioether (sulfide) groups is 1. The van der Waals surface area contributed by atoms with Gasteiger partial charge in [0.1, 0.15) is 5.40 Å². The summed E-state index contributed by atoms with van der Waals surface area (Å²) in [5.41, 5.74) is 0. The van der Waals surface area contributed by atoms with E-state index in [4.69, 9.17) is 5.26 Å². The second-order valence-electron chi connectivity index (χ2n) is 5.29. The first-order chi connectivity index (χ1) is 6.30. The first-order valence-electron chi connectivity index (χ1n) is 5.37. The molecule has 4 aliphatic rings. The van der Waals surface area contributed by atoms with Crippen molar-refractivity contribution in [1.82, 2.24) is 0 Å². The van der Waals surface area contributed by atoms with Crippen molar-refractivity contribution in [3.8, 4) is 5.40 Å². The summed E-state index contributed by atoms with van der Waals surface area (Å²) in [4.78, 5) is 0. The van der Waals surface area contributed by atoms with Crippen LogP contribution in [0.25, 0.3) is 0 Å². The Kier molecular flexibility index (Phi) is 1.68. The molecule has 13 heavy (non-hydrogen) atoms. The van der Waals surface area contributed by atoms with Crippen molar-refractivity contribution in [3.63, 3.8) is 0 Å². The standard InChI is InChI=1S/C11H15NS/c12-7-13-11-4-8-1-9(5-11)3-10(2-8)6-11/h8-10H,1-6H2. The molecule has 0 radical (unpaired) electrons. The van der Waals surface area contributed by atoms with E-state index in [1.54, 1.807) is 11.8 Å². The fourth-order valence-corrected chi connectivity index (χ4v) is 5.40. The molecule has 4 fully saturated rings. The van der Waals surface area contributed by atoms with Crippen molar-refractivity contribution >= 4 is 11.8 Å². The Balaban J connectivity index is 1.88. The van der Waals surface area contributed by atoms with Crippen LogP contribution >= 0.6 is 11.8 Å². The Bertz CT molecular complexity index is 230. The monoisotopic (exact) mass is 193 g/mol. The Morgan fingerprint density at radius 1 is 1.00 bits per heavy atom. The molecule has 0 aliphatic heterocycles. The van der Waals surface area contributed by atoms with E-state index in [1.807, 2.05) is 0 Å². The number of hydrogen-bond acceptors (Lipinski definition) is 2. The van der Waals surface area contributed by atoms with E-state index >= 15 is 0 Å². The average Bonchev–Trinajstić information content (AvgIpc) is 2.00. The van der Waals surface area contributed by atoms with Gasteiger partial charge in [0.25, 0.3) is 0 Å². The highest BCUT2D eigenvalue weighted by molar-refractivity contribution is 8.05. The smallest absolute Gasteiger partial charge is 0.133 e. The summed E-state index contributed by atoms with van der Waals surface area (Å²) in [5.74, 6) is 2.94. The molecular weight excluding hydrogens is 178 g/mol. The molecule has 0 unspecified atom stereocenters. The second kappa shape index (κ2) is 2.67. The van der Waals surface area contributed by atoms with Gasteiger partial charge in [-0.25, -0.2) is 0 Å². The van der Waals surface area contributed by atoms with Crippen LogP contribution in [0.1, 0.15) is 38.5 Å². The third kappa shape index (κ3) is 1.21. The number of nitrogens with zero attached hydrogens (tertiary/aromatic N) is 1. The largest absolute Gasteiger partial charge is 0.185 e. The molecule has 0 N–H and O–H groups in total. The molecule has 0 aromatic heterocycles. The van der Waals surface area contributed by atoms with Crippen LogP contribution in [0.3, 0.4) is 0 Å². The minimum absolute atomic E-state index is 0.406. The lowest BCUT2D eigenvalue weighted by atomic mass is 9.56. The van der Waals surface area contributed by atoms with Gasteiger partial charge in [0.2, 0.25) is 0 Å². The lowest BCUT2D eigenvalue weighted by Crippen LogP contribution is -2.48. The molecule has 0 spiro atoms. The van der Waals surface area contributed by atoms with E-state index < -0.39 is 0 Å². The summed E-state index contributed by atoms with van der Waals surface area (Å²) in [5, 5.41) is 11.2. The molecule has 4 saturated carbocycles. The predicted molar refractivity (Wildman–Crippen MR) is 54.1 cm³/mol. The summed E-state index contributed by atoms with van der Waals surface area (Å²) in [6, 6.07) is 0. The lowest BCUT2D eigenvalue weighted by molar-refractivity contribution is 0.0387. The predicted octanol–water partition coefficient (Wildman–Crippen LogP) is 3.17. The second-order valence-corrected chi connectivity index (χ2v) is 6.55. The fraction of sp³-hybridized carbons (Fsp3) is 0.909. The van der Waals surface area contributed by atoms with Gasteiger partial charge < -0.3 is 0 Å². The highest BCUT2D eigenvalue weighted by atomic mass is 32.2. The summed E-state index contributed by atoms with van der Waals surface area (Å²) in [6.45, 7) is 0. The maximum atomic E-state index is 8.84. The zero-order chi connectivity index (χ0) is 8.89. The Labute approximate surface area is 83.9 Å². The molecule has 0 aromatic rings.